The van der Waals surface area contributed by atoms with E-state index in [0.29, 0.717) is 18.9 Å². The van der Waals surface area contributed by atoms with E-state index in [4.69, 9.17) is 4.74 Å². The molecule has 1 aromatic carbocycles. The second-order valence-corrected chi connectivity index (χ2v) is 8.21. The fourth-order valence-electron chi connectivity index (χ4n) is 3.71. The highest BCUT2D eigenvalue weighted by Crippen LogP contribution is 2.34. The van der Waals surface area contributed by atoms with Crippen LogP contribution in [0.2, 0.25) is 0 Å². The molecule has 4 heteroatoms. The lowest BCUT2D eigenvalue weighted by Crippen LogP contribution is -2.41. The third kappa shape index (κ3) is 3.98. The van der Waals surface area contributed by atoms with Crippen LogP contribution in [0, 0.1) is 0 Å². The number of rotatable bonds is 5. The van der Waals surface area contributed by atoms with Crippen LogP contribution >= 0.6 is 0 Å². The van der Waals surface area contributed by atoms with Crippen molar-refractivity contribution in [2.45, 2.75) is 82.6 Å². The Hall–Kier alpha value is -1.39. The van der Waals surface area contributed by atoms with Crippen molar-refractivity contribution in [2.24, 2.45) is 0 Å². The summed E-state index contributed by atoms with van der Waals surface area (Å²) in [5, 5.41) is 13.4. The highest BCUT2D eigenvalue weighted by atomic mass is 16.5. The quantitative estimate of drug-likeness (QED) is 0.871. The van der Waals surface area contributed by atoms with Crippen molar-refractivity contribution in [1.29, 1.82) is 0 Å². The van der Waals surface area contributed by atoms with Crippen LogP contribution in [0.5, 0.6) is 0 Å². The van der Waals surface area contributed by atoms with Crippen molar-refractivity contribution in [1.82, 2.24) is 5.32 Å². The molecule has 2 heterocycles. The maximum atomic E-state index is 12.1. The molecular weight excluding hydrogens is 302 g/mol. The van der Waals surface area contributed by atoms with Gasteiger partial charge in [-0.05, 0) is 42.2 Å². The van der Waals surface area contributed by atoms with Gasteiger partial charge in [0.1, 0.15) is 0 Å². The Balaban J connectivity index is 1.46. The van der Waals surface area contributed by atoms with Crippen LogP contribution in [0.1, 0.15) is 70.1 Å². The summed E-state index contributed by atoms with van der Waals surface area (Å²) in [6.45, 7) is 6.51. The first kappa shape index (κ1) is 17.4. The predicted octanol–water partition coefficient (Wildman–Crippen LogP) is 3.23. The van der Waals surface area contributed by atoms with E-state index in [-0.39, 0.29) is 23.5 Å². The monoisotopic (exact) mass is 331 g/mol. The number of benzene rings is 1. The molecule has 2 bridgehead atoms. The number of aliphatic hydroxyl groups is 1. The molecule has 0 saturated carbocycles. The van der Waals surface area contributed by atoms with E-state index in [9.17, 15) is 9.90 Å². The van der Waals surface area contributed by atoms with E-state index < -0.39 is 6.10 Å². The molecule has 0 radical (unpaired) electrons. The van der Waals surface area contributed by atoms with Gasteiger partial charge in [0.2, 0.25) is 5.91 Å². The van der Waals surface area contributed by atoms with E-state index in [1.165, 1.54) is 5.56 Å². The number of ether oxygens (including phenoxy) is 1. The maximum absolute atomic E-state index is 12.1. The van der Waals surface area contributed by atoms with Crippen LogP contribution in [-0.2, 0) is 14.9 Å². The summed E-state index contributed by atoms with van der Waals surface area (Å²) in [5.74, 6) is 0.0153. The molecule has 132 valence electrons. The van der Waals surface area contributed by atoms with E-state index in [1.54, 1.807) is 0 Å². The highest BCUT2D eigenvalue weighted by Gasteiger charge is 2.41. The third-order valence-corrected chi connectivity index (χ3v) is 5.26. The van der Waals surface area contributed by atoms with E-state index >= 15 is 0 Å². The lowest BCUT2D eigenvalue weighted by molar-refractivity contribution is -0.122. The zero-order valence-electron chi connectivity index (χ0n) is 14.9. The second kappa shape index (κ2) is 6.85. The topological polar surface area (TPSA) is 58.6 Å². The largest absolute Gasteiger partial charge is 0.388 e. The Kier molecular flexibility index (Phi) is 4.97. The van der Waals surface area contributed by atoms with Gasteiger partial charge in [0, 0.05) is 6.42 Å². The van der Waals surface area contributed by atoms with Gasteiger partial charge < -0.3 is 15.2 Å². The number of hydrogen-bond acceptors (Lipinski definition) is 3. The minimum absolute atomic E-state index is 0.0153. The predicted molar refractivity (Wildman–Crippen MR) is 93.8 cm³/mol. The van der Waals surface area contributed by atoms with Gasteiger partial charge in [-0.3, -0.25) is 4.79 Å². The molecule has 2 aliphatic heterocycles. The number of amides is 1. The van der Waals surface area contributed by atoms with E-state index in [0.717, 1.165) is 24.8 Å². The normalized spacial score (nSPS) is 27.2. The molecule has 2 fully saturated rings. The minimum Gasteiger partial charge on any atom is -0.388 e. The molecule has 24 heavy (non-hydrogen) atoms. The van der Waals surface area contributed by atoms with Crippen LogP contribution in [0.15, 0.2) is 24.3 Å². The van der Waals surface area contributed by atoms with Gasteiger partial charge in [0.05, 0.1) is 24.4 Å². The fourth-order valence-corrected chi connectivity index (χ4v) is 3.71. The standard InChI is InChI=1S/C20H29NO3/c1-20(2,3)14-6-4-13(5-7-14)17(22)9-11-19(23)21-16-12-15-8-10-18(16)24-15/h4-7,15-18,22H,8-12H2,1-3H3,(H,21,23)/t15-,16+,17+,18-/m1/s1. The highest BCUT2D eigenvalue weighted by molar-refractivity contribution is 5.76. The molecule has 2 N–H and O–H groups in total. The number of aliphatic hydroxyl groups excluding tert-OH is 1. The average molecular weight is 331 g/mol. The van der Waals surface area contributed by atoms with Gasteiger partial charge in [-0.15, -0.1) is 0 Å². The number of carbonyl (C=O) groups excluding carboxylic acids is 1. The number of fused-ring (bicyclic) bond motifs is 2. The first-order valence-corrected chi connectivity index (χ1v) is 9.06. The number of nitrogens with one attached hydrogen (secondary N) is 1. The zero-order valence-corrected chi connectivity index (χ0v) is 14.9. The molecular formula is C20H29NO3. The van der Waals surface area contributed by atoms with Gasteiger partial charge in [-0.2, -0.15) is 0 Å². The molecule has 4 nitrogen and oxygen atoms in total. The van der Waals surface area contributed by atoms with Crippen molar-refractivity contribution in [3.8, 4) is 0 Å². The Morgan fingerprint density at radius 3 is 2.54 bits per heavy atom. The van der Waals surface area contributed by atoms with Crippen molar-refractivity contribution in [2.75, 3.05) is 0 Å². The Bertz CT molecular complexity index is 576. The first-order valence-electron chi connectivity index (χ1n) is 9.06. The Labute approximate surface area is 144 Å². The van der Waals surface area contributed by atoms with Gasteiger partial charge in [-0.25, -0.2) is 0 Å². The molecule has 0 unspecified atom stereocenters. The molecule has 3 rings (SSSR count). The lowest BCUT2D eigenvalue weighted by atomic mass is 9.86. The summed E-state index contributed by atoms with van der Waals surface area (Å²) in [6, 6.07) is 8.22. The van der Waals surface area contributed by atoms with Crippen LogP contribution in [-0.4, -0.2) is 29.3 Å². The summed E-state index contributed by atoms with van der Waals surface area (Å²) in [6.07, 6.45) is 3.85. The first-order chi connectivity index (χ1) is 11.3. The van der Waals surface area contributed by atoms with Crippen LogP contribution in [0.4, 0.5) is 0 Å². The Morgan fingerprint density at radius 1 is 1.29 bits per heavy atom. The number of carbonyl (C=O) groups is 1. The summed E-state index contributed by atoms with van der Waals surface area (Å²) in [5.41, 5.74) is 2.22. The zero-order chi connectivity index (χ0) is 17.3. The second-order valence-electron chi connectivity index (χ2n) is 8.21. The molecule has 0 spiro atoms. The molecule has 2 saturated heterocycles. The summed E-state index contributed by atoms with van der Waals surface area (Å²) in [4.78, 5) is 12.1. The molecule has 2 aliphatic rings. The number of hydrogen-bond donors (Lipinski definition) is 2. The summed E-state index contributed by atoms with van der Waals surface area (Å²) in [7, 11) is 0. The third-order valence-electron chi connectivity index (χ3n) is 5.26. The molecule has 1 aromatic rings. The van der Waals surface area contributed by atoms with Gasteiger partial charge >= 0.3 is 0 Å². The van der Waals surface area contributed by atoms with E-state index in [2.05, 4.69) is 38.2 Å². The van der Waals surface area contributed by atoms with Gasteiger partial charge in [-0.1, -0.05) is 45.0 Å². The van der Waals surface area contributed by atoms with Crippen molar-refractivity contribution in [3.63, 3.8) is 0 Å². The molecule has 1 amide bonds. The van der Waals surface area contributed by atoms with Crippen LogP contribution in [0.25, 0.3) is 0 Å². The SMILES string of the molecule is CC(C)(C)c1ccc([C@@H](O)CCC(=O)N[C@H]2C[C@H]3CC[C@H]2O3)cc1. The van der Waals surface area contributed by atoms with E-state index in [1.807, 2.05) is 12.1 Å². The van der Waals surface area contributed by atoms with Gasteiger partial charge in [0.15, 0.2) is 0 Å². The molecule has 0 aromatic heterocycles. The average Bonchev–Trinajstić information content (AvgIpc) is 3.14. The minimum atomic E-state index is -0.596. The summed E-state index contributed by atoms with van der Waals surface area (Å²) < 4.78 is 5.76. The van der Waals surface area contributed by atoms with Crippen molar-refractivity contribution >= 4 is 5.91 Å². The fraction of sp³-hybridized carbons (Fsp3) is 0.650. The maximum Gasteiger partial charge on any atom is 0.220 e. The van der Waals surface area contributed by atoms with Crippen molar-refractivity contribution in [3.05, 3.63) is 35.4 Å². The molecule has 4 atom stereocenters. The smallest absolute Gasteiger partial charge is 0.220 e. The van der Waals surface area contributed by atoms with Crippen LogP contribution < -0.4 is 5.32 Å². The van der Waals surface area contributed by atoms with Crippen molar-refractivity contribution < 1.29 is 14.6 Å². The summed E-state index contributed by atoms with van der Waals surface area (Å²) >= 11 is 0. The molecule has 0 aliphatic carbocycles. The van der Waals surface area contributed by atoms with Gasteiger partial charge in [0.25, 0.3) is 0 Å². The lowest BCUT2D eigenvalue weighted by Gasteiger charge is -2.21. The van der Waals surface area contributed by atoms with Crippen LogP contribution in [0.3, 0.4) is 0 Å². The Morgan fingerprint density at radius 2 is 2.00 bits per heavy atom.